The highest BCUT2D eigenvalue weighted by Crippen LogP contribution is 2.44. The minimum absolute atomic E-state index is 0.0901. The molecule has 0 aromatic carbocycles. The molecule has 0 fully saturated rings. The third kappa shape index (κ3) is 12.2. The van der Waals surface area contributed by atoms with Gasteiger partial charge in [-0.1, -0.05) is 54.4 Å². The highest BCUT2D eigenvalue weighted by molar-refractivity contribution is 6.78. The first kappa shape index (κ1) is 37.9. The fourth-order valence-electron chi connectivity index (χ4n) is 4.14. The molecule has 0 aromatic heterocycles. The molecule has 0 N–H and O–H groups in total. The van der Waals surface area contributed by atoms with Crippen LogP contribution in [0.15, 0.2) is 0 Å². The van der Waals surface area contributed by atoms with Crippen LogP contribution in [0.5, 0.6) is 0 Å². The van der Waals surface area contributed by atoms with Crippen LogP contribution in [0.25, 0.3) is 0 Å². The van der Waals surface area contributed by atoms with Gasteiger partial charge < -0.3 is 32.8 Å². The topological polar surface area (TPSA) is 64.6 Å². The van der Waals surface area contributed by atoms with Crippen LogP contribution in [0.1, 0.15) is 129 Å². The summed E-state index contributed by atoms with van der Waals surface area (Å²) >= 11 is 0. The first-order valence-electron chi connectivity index (χ1n) is 15.2. The van der Waals surface area contributed by atoms with Crippen molar-refractivity contribution in [3.05, 3.63) is 0 Å². The van der Waals surface area contributed by atoms with Crippen molar-refractivity contribution in [3.63, 3.8) is 0 Å². The van der Waals surface area contributed by atoms with Gasteiger partial charge in [0.25, 0.3) is 5.60 Å². The predicted octanol–water partition coefficient (Wildman–Crippen LogP) is 7.71. The average molecular weight is 565 g/mol. The van der Waals surface area contributed by atoms with Crippen LogP contribution in [0, 0.1) is 5.92 Å². The summed E-state index contributed by atoms with van der Waals surface area (Å²) < 4.78 is 47.7. The molecule has 0 aromatic rings. The van der Waals surface area contributed by atoms with E-state index in [0.717, 1.165) is 38.5 Å². The van der Waals surface area contributed by atoms with E-state index in [1.807, 2.05) is 41.5 Å². The standard InChI is InChI=1S/C30H64O7Si/c1-14-18-21-32-30(35-26(7)8,33-23-25(5)6)38(24-31-20-16-3,34-22-19-15-2)29(13,36-27(9)17-4)37-28(10,11)12/h25-27H,14-24H2,1-13H3. The summed E-state index contributed by atoms with van der Waals surface area (Å²) in [6.07, 6.45) is 5.39. The molecule has 4 atom stereocenters. The normalized spacial score (nSPS) is 18.4. The number of hydrogen-bond donors (Lipinski definition) is 0. The monoisotopic (exact) mass is 564 g/mol. The summed E-state index contributed by atoms with van der Waals surface area (Å²) in [5.74, 6) is 0.254. The second kappa shape index (κ2) is 18.4. The van der Waals surface area contributed by atoms with Gasteiger partial charge in [0.2, 0.25) is 0 Å². The van der Waals surface area contributed by atoms with Gasteiger partial charge in [-0.2, -0.15) is 0 Å². The van der Waals surface area contributed by atoms with Crippen LogP contribution in [-0.4, -0.2) is 69.8 Å². The van der Waals surface area contributed by atoms with Crippen molar-refractivity contribution in [2.45, 2.75) is 157 Å². The molecule has 38 heavy (non-hydrogen) atoms. The van der Waals surface area contributed by atoms with E-state index >= 15 is 0 Å². The van der Waals surface area contributed by atoms with Crippen molar-refractivity contribution >= 4 is 8.32 Å². The van der Waals surface area contributed by atoms with Crippen molar-refractivity contribution < 1.29 is 32.8 Å². The Morgan fingerprint density at radius 2 is 1.32 bits per heavy atom. The quantitative estimate of drug-likeness (QED) is 0.0715. The van der Waals surface area contributed by atoms with Crippen molar-refractivity contribution in [2.75, 3.05) is 32.7 Å². The van der Waals surface area contributed by atoms with E-state index in [2.05, 4.69) is 48.5 Å². The molecule has 0 saturated heterocycles. The molecular formula is C30H64O7Si. The van der Waals surface area contributed by atoms with Crippen molar-refractivity contribution in [1.82, 2.24) is 0 Å². The van der Waals surface area contributed by atoms with Crippen LogP contribution >= 0.6 is 0 Å². The van der Waals surface area contributed by atoms with Crippen LogP contribution in [0.4, 0.5) is 0 Å². The van der Waals surface area contributed by atoms with Gasteiger partial charge in [0.15, 0.2) is 5.41 Å². The third-order valence-corrected chi connectivity index (χ3v) is 10.4. The first-order valence-corrected chi connectivity index (χ1v) is 17.3. The van der Waals surface area contributed by atoms with Gasteiger partial charge in [-0.05, 0) is 80.1 Å². The summed E-state index contributed by atoms with van der Waals surface area (Å²) in [5, 5.41) is 0. The van der Waals surface area contributed by atoms with Gasteiger partial charge in [-0.15, -0.1) is 0 Å². The Balaban J connectivity index is 7.52. The van der Waals surface area contributed by atoms with Gasteiger partial charge in [0, 0.05) is 13.2 Å². The van der Waals surface area contributed by atoms with Crippen LogP contribution in [-0.2, 0) is 32.8 Å². The zero-order valence-corrected chi connectivity index (χ0v) is 28.4. The fourth-order valence-corrected chi connectivity index (χ4v) is 8.52. The summed E-state index contributed by atoms with van der Waals surface area (Å²) in [4.78, 5) is 0. The Morgan fingerprint density at radius 1 is 0.711 bits per heavy atom. The Labute approximate surface area is 237 Å². The Bertz CT molecular complexity index is 586. The minimum Gasteiger partial charge on any atom is -0.404 e. The summed E-state index contributed by atoms with van der Waals surface area (Å²) in [7, 11) is -3.61. The predicted molar refractivity (Wildman–Crippen MR) is 158 cm³/mol. The molecule has 0 aliphatic carbocycles. The summed E-state index contributed by atoms with van der Waals surface area (Å²) in [6, 6.07) is 0. The maximum atomic E-state index is 7.09. The Hall–Kier alpha value is -0.0631. The van der Waals surface area contributed by atoms with Gasteiger partial charge in [0.1, 0.15) is 0 Å². The lowest BCUT2D eigenvalue weighted by Gasteiger charge is -2.55. The molecule has 0 spiro atoms. The zero-order chi connectivity index (χ0) is 29.5. The lowest BCUT2D eigenvalue weighted by atomic mass is 10.2. The lowest BCUT2D eigenvalue weighted by Crippen LogP contribution is -2.81. The molecule has 0 rings (SSSR count). The summed E-state index contributed by atoms with van der Waals surface area (Å²) in [6.45, 7) is 29.0. The second-order valence-electron chi connectivity index (χ2n) is 12.2. The minimum atomic E-state index is -3.61. The number of hydrogen-bond acceptors (Lipinski definition) is 7. The molecule has 4 unspecified atom stereocenters. The maximum Gasteiger partial charge on any atom is 0.383 e. The molecular weight excluding hydrogens is 500 g/mol. The SMILES string of the molecule is CCCCOC(OCC(C)C)(OC(C)C)[Si](COCCC)(OCCCC)C(C)(OC(C)CC)OC(C)(C)C. The largest absolute Gasteiger partial charge is 0.404 e. The van der Waals surface area contributed by atoms with Gasteiger partial charge >= 0.3 is 8.32 Å². The molecule has 0 heterocycles. The molecule has 0 saturated carbocycles. The van der Waals surface area contributed by atoms with Crippen LogP contribution in [0.2, 0.25) is 0 Å². The molecule has 0 amide bonds. The average Bonchev–Trinajstić information content (AvgIpc) is 2.80. The van der Waals surface area contributed by atoms with Crippen molar-refractivity contribution in [3.8, 4) is 0 Å². The summed E-state index contributed by atoms with van der Waals surface area (Å²) in [5.41, 5.74) is -3.25. The van der Waals surface area contributed by atoms with Gasteiger partial charge in [-0.25, -0.2) is 0 Å². The second-order valence-corrected chi connectivity index (χ2v) is 16.0. The molecule has 0 radical (unpaired) electrons. The Morgan fingerprint density at radius 3 is 1.79 bits per heavy atom. The first-order chi connectivity index (χ1) is 17.7. The number of ether oxygens (including phenoxy) is 6. The van der Waals surface area contributed by atoms with E-state index in [0.29, 0.717) is 26.4 Å². The van der Waals surface area contributed by atoms with Crippen LogP contribution in [0.3, 0.4) is 0 Å². The zero-order valence-electron chi connectivity index (χ0n) is 27.4. The van der Waals surface area contributed by atoms with Gasteiger partial charge in [-0.3, -0.25) is 0 Å². The number of rotatable bonds is 23. The smallest absolute Gasteiger partial charge is 0.383 e. The molecule has 7 nitrogen and oxygen atoms in total. The van der Waals surface area contributed by atoms with Crippen molar-refractivity contribution in [2.24, 2.45) is 5.92 Å². The molecule has 230 valence electrons. The molecule has 0 bridgehead atoms. The molecule has 0 aliphatic rings. The third-order valence-electron chi connectivity index (χ3n) is 6.02. The number of unbranched alkanes of at least 4 members (excludes halogenated alkanes) is 2. The van der Waals surface area contributed by atoms with Gasteiger partial charge in [0.05, 0.1) is 37.3 Å². The van der Waals surface area contributed by atoms with E-state index in [4.69, 9.17) is 32.8 Å². The van der Waals surface area contributed by atoms with E-state index in [1.165, 1.54) is 0 Å². The maximum absolute atomic E-state index is 7.09. The molecule has 8 heteroatoms. The van der Waals surface area contributed by atoms with E-state index in [9.17, 15) is 0 Å². The Kier molecular flexibility index (Phi) is 18.4. The lowest BCUT2D eigenvalue weighted by molar-refractivity contribution is -0.369. The van der Waals surface area contributed by atoms with E-state index < -0.39 is 24.9 Å². The highest BCUT2D eigenvalue weighted by atomic mass is 28.4. The highest BCUT2D eigenvalue weighted by Gasteiger charge is 2.73. The molecule has 0 aliphatic heterocycles. The van der Waals surface area contributed by atoms with E-state index in [1.54, 1.807) is 0 Å². The van der Waals surface area contributed by atoms with Crippen molar-refractivity contribution in [1.29, 1.82) is 0 Å². The fraction of sp³-hybridized carbons (Fsp3) is 1.00. The van der Waals surface area contributed by atoms with E-state index in [-0.39, 0.29) is 24.4 Å². The van der Waals surface area contributed by atoms with Crippen LogP contribution < -0.4 is 0 Å².